The van der Waals surface area contributed by atoms with Gasteiger partial charge in [-0.15, -0.1) is 0 Å². The Balaban J connectivity index is 2.14. The number of ether oxygens (including phenoxy) is 1. The quantitative estimate of drug-likeness (QED) is 0.802. The fourth-order valence-corrected chi connectivity index (χ4v) is 3.37. The van der Waals surface area contributed by atoms with Crippen LogP contribution in [0.2, 0.25) is 0 Å². The molecule has 0 bridgehead atoms. The van der Waals surface area contributed by atoms with Crippen molar-refractivity contribution in [1.29, 1.82) is 0 Å². The molecule has 0 amide bonds. The summed E-state index contributed by atoms with van der Waals surface area (Å²) in [7, 11) is -0.541. The van der Waals surface area contributed by atoms with E-state index in [-0.39, 0.29) is 10.6 Å². The van der Waals surface area contributed by atoms with Crippen LogP contribution >= 0.6 is 0 Å². The topological polar surface area (TPSA) is 84.7 Å². The van der Waals surface area contributed by atoms with E-state index in [4.69, 9.17) is 10.5 Å². The third-order valence-corrected chi connectivity index (χ3v) is 5.53. The fourth-order valence-electron chi connectivity index (χ4n) is 2.34. The summed E-state index contributed by atoms with van der Waals surface area (Å²) in [6.45, 7) is 2.30. The molecule has 1 saturated heterocycles. The highest BCUT2D eigenvalue weighted by atomic mass is 32.2. The molecule has 0 aliphatic carbocycles. The lowest BCUT2D eigenvalue weighted by atomic mass is 10.0. The molecule has 1 aromatic carbocycles. The number of para-hydroxylation sites is 1. The van der Waals surface area contributed by atoms with Crippen molar-refractivity contribution < 1.29 is 13.2 Å². The van der Waals surface area contributed by atoms with Crippen LogP contribution < -0.4 is 11.1 Å². The van der Waals surface area contributed by atoms with Crippen LogP contribution in [0.3, 0.4) is 0 Å². The van der Waals surface area contributed by atoms with Crippen LogP contribution in [0.5, 0.6) is 0 Å². The van der Waals surface area contributed by atoms with Gasteiger partial charge in [0.25, 0.3) is 0 Å². The second-order valence-electron chi connectivity index (χ2n) is 5.47. The fraction of sp³-hybridized carbons (Fsp3) is 0.571. The minimum Gasteiger partial charge on any atom is -0.396 e. The first kappa shape index (κ1) is 16.1. The van der Waals surface area contributed by atoms with Gasteiger partial charge < -0.3 is 15.8 Å². The van der Waals surface area contributed by atoms with Crippen LogP contribution in [-0.4, -0.2) is 46.6 Å². The number of rotatable bonds is 5. The van der Waals surface area contributed by atoms with Crippen molar-refractivity contribution in [2.75, 3.05) is 44.9 Å². The van der Waals surface area contributed by atoms with Gasteiger partial charge in [0.05, 0.1) is 18.0 Å². The van der Waals surface area contributed by atoms with Gasteiger partial charge in [0.2, 0.25) is 10.0 Å². The van der Waals surface area contributed by atoms with Crippen molar-refractivity contribution in [3.8, 4) is 0 Å². The predicted molar refractivity (Wildman–Crippen MR) is 83.8 cm³/mol. The van der Waals surface area contributed by atoms with E-state index in [2.05, 4.69) is 5.32 Å². The van der Waals surface area contributed by atoms with Crippen molar-refractivity contribution in [3.05, 3.63) is 18.2 Å². The van der Waals surface area contributed by atoms with Crippen LogP contribution in [0.25, 0.3) is 0 Å². The Kier molecular flexibility index (Phi) is 5.08. The van der Waals surface area contributed by atoms with Crippen molar-refractivity contribution in [2.45, 2.75) is 17.7 Å². The summed E-state index contributed by atoms with van der Waals surface area (Å²) >= 11 is 0. The van der Waals surface area contributed by atoms with Crippen molar-refractivity contribution >= 4 is 21.4 Å². The van der Waals surface area contributed by atoms with Gasteiger partial charge in [-0.1, -0.05) is 6.07 Å². The number of nitrogens with two attached hydrogens (primary N) is 1. The molecular formula is C14H23N3O3S. The zero-order valence-electron chi connectivity index (χ0n) is 12.5. The summed E-state index contributed by atoms with van der Waals surface area (Å²) in [4.78, 5) is 0.136. The van der Waals surface area contributed by atoms with Gasteiger partial charge in [0, 0.05) is 27.2 Å². The van der Waals surface area contributed by atoms with E-state index >= 15 is 0 Å². The lowest BCUT2D eigenvalue weighted by Crippen LogP contribution is -2.25. The molecule has 1 atom stereocenters. The summed E-state index contributed by atoms with van der Waals surface area (Å²) in [5.41, 5.74) is 6.95. The van der Waals surface area contributed by atoms with Crippen LogP contribution in [0, 0.1) is 5.92 Å². The number of nitrogen functional groups attached to an aromatic ring is 1. The number of nitrogens with zero attached hydrogens (tertiary/aromatic N) is 1. The van der Waals surface area contributed by atoms with Gasteiger partial charge in [0.15, 0.2) is 0 Å². The lowest BCUT2D eigenvalue weighted by Gasteiger charge is -2.23. The number of sulfonamides is 1. The monoisotopic (exact) mass is 313 g/mol. The second kappa shape index (κ2) is 6.64. The third kappa shape index (κ3) is 3.66. The highest BCUT2D eigenvalue weighted by Gasteiger charge is 2.22. The van der Waals surface area contributed by atoms with Crippen LogP contribution in [0.1, 0.15) is 12.8 Å². The van der Waals surface area contributed by atoms with E-state index in [9.17, 15) is 8.42 Å². The standard InChI is InChI=1S/C14H23N3O3S/c1-17(2)21(18,19)13-7-3-6-12(14(13)15)16-9-11-5-4-8-20-10-11/h3,6-7,11,16H,4-5,8-10,15H2,1-2H3. The lowest BCUT2D eigenvalue weighted by molar-refractivity contribution is 0.0595. The average molecular weight is 313 g/mol. The van der Waals surface area contributed by atoms with Gasteiger partial charge in [0.1, 0.15) is 4.90 Å². The Bertz CT molecular complexity index is 581. The normalized spacial score (nSPS) is 19.7. The number of hydrogen-bond donors (Lipinski definition) is 2. The molecule has 2 rings (SSSR count). The molecule has 1 aliphatic heterocycles. The number of nitrogens with one attached hydrogen (secondary N) is 1. The molecule has 1 fully saturated rings. The number of anilines is 2. The Morgan fingerprint density at radius 3 is 2.81 bits per heavy atom. The van der Waals surface area contributed by atoms with Crippen LogP contribution in [0.15, 0.2) is 23.1 Å². The van der Waals surface area contributed by atoms with E-state index in [1.165, 1.54) is 20.2 Å². The maximum atomic E-state index is 12.2. The molecule has 7 heteroatoms. The zero-order chi connectivity index (χ0) is 15.5. The Labute approximate surface area is 126 Å². The van der Waals surface area contributed by atoms with E-state index in [0.29, 0.717) is 11.6 Å². The molecule has 1 aliphatic rings. The molecule has 0 radical (unpaired) electrons. The molecule has 3 N–H and O–H groups in total. The zero-order valence-corrected chi connectivity index (χ0v) is 13.3. The summed E-state index contributed by atoms with van der Waals surface area (Å²) in [6.07, 6.45) is 2.18. The minimum atomic E-state index is -3.53. The number of benzene rings is 1. The summed E-state index contributed by atoms with van der Waals surface area (Å²) in [5, 5.41) is 3.25. The molecule has 6 nitrogen and oxygen atoms in total. The minimum absolute atomic E-state index is 0.136. The molecule has 1 aromatic rings. The Morgan fingerprint density at radius 2 is 2.19 bits per heavy atom. The van der Waals surface area contributed by atoms with Gasteiger partial charge in [-0.25, -0.2) is 12.7 Å². The first-order valence-corrected chi connectivity index (χ1v) is 8.49. The van der Waals surface area contributed by atoms with Gasteiger partial charge >= 0.3 is 0 Å². The SMILES string of the molecule is CN(C)S(=O)(=O)c1cccc(NCC2CCCOC2)c1N. The molecule has 21 heavy (non-hydrogen) atoms. The maximum Gasteiger partial charge on any atom is 0.244 e. The highest BCUT2D eigenvalue weighted by Crippen LogP contribution is 2.28. The molecule has 0 aromatic heterocycles. The second-order valence-corrected chi connectivity index (χ2v) is 7.59. The van der Waals surface area contributed by atoms with Crippen molar-refractivity contribution in [2.24, 2.45) is 5.92 Å². The molecule has 1 unspecified atom stereocenters. The summed E-state index contributed by atoms with van der Waals surface area (Å²) in [5.74, 6) is 0.437. The van der Waals surface area contributed by atoms with Crippen molar-refractivity contribution in [1.82, 2.24) is 4.31 Å². The largest absolute Gasteiger partial charge is 0.396 e. The Hall–Kier alpha value is -1.31. The Morgan fingerprint density at radius 1 is 1.43 bits per heavy atom. The maximum absolute atomic E-state index is 12.2. The molecule has 118 valence electrons. The van der Waals surface area contributed by atoms with Crippen LogP contribution in [0.4, 0.5) is 11.4 Å². The molecule has 1 heterocycles. The average Bonchev–Trinajstić information content (AvgIpc) is 2.47. The third-order valence-electron chi connectivity index (χ3n) is 3.66. The van der Waals surface area contributed by atoms with Gasteiger partial charge in [-0.2, -0.15) is 0 Å². The van der Waals surface area contributed by atoms with Gasteiger partial charge in [-0.3, -0.25) is 0 Å². The van der Waals surface area contributed by atoms with Gasteiger partial charge in [-0.05, 0) is 30.9 Å². The highest BCUT2D eigenvalue weighted by molar-refractivity contribution is 7.89. The van der Waals surface area contributed by atoms with E-state index in [0.717, 1.165) is 36.9 Å². The molecule has 0 saturated carbocycles. The predicted octanol–water partition coefficient (Wildman–Crippen LogP) is 1.36. The summed E-state index contributed by atoms with van der Waals surface area (Å²) in [6, 6.07) is 5.03. The summed E-state index contributed by atoms with van der Waals surface area (Å²) < 4.78 is 31.0. The first-order chi connectivity index (χ1) is 9.93. The van der Waals surface area contributed by atoms with E-state index in [1.807, 2.05) is 0 Å². The number of hydrogen-bond acceptors (Lipinski definition) is 5. The van der Waals surface area contributed by atoms with Crippen LogP contribution in [-0.2, 0) is 14.8 Å². The molecular weight excluding hydrogens is 290 g/mol. The smallest absolute Gasteiger partial charge is 0.244 e. The molecule has 0 spiro atoms. The van der Waals surface area contributed by atoms with E-state index < -0.39 is 10.0 Å². The first-order valence-electron chi connectivity index (χ1n) is 7.05. The van der Waals surface area contributed by atoms with Crippen molar-refractivity contribution in [3.63, 3.8) is 0 Å². The van der Waals surface area contributed by atoms with E-state index in [1.54, 1.807) is 12.1 Å².